The maximum Gasteiger partial charge on any atom is 0.305 e. The van der Waals surface area contributed by atoms with E-state index in [1.165, 1.54) is 0 Å². The number of nitro benzene ring substituents is 1. The van der Waals surface area contributed by atoms with Crippen LogP contribution in [0.15, 0.2) is 17.5 Å². The molecule has 0 aliphatic heterocycles. The first-order valence-electron chi connectivity index (χ1n) is 5.80. The van der Waals surface area contributed by atoms with Crippen molar-refractivity contribution in [3.05, 3.63) is 45.0 Å². The van der Waals surface area contributed by atoms with Gasteiger partial charge in [-0.25, -0.2) is 9.37 Å². The van der Waals surface area contributed by atoms with E-state index in [2.05, 4.69) is 4.98 Å². The van der Waals surface area contributed by atoms with E-state index in [1.807, 2.05) is 20.8 Å². The Bertz CT molecular complexity index is 677. The van der Waals surface area contributed by atoms with Crippen molar-refractivity contribution in [1.29, 1.82) is 0 Å². The minimum Gasteiger partial charge on any atom is -0.258 e. The Labute approximate surface area is 118 Å². The molecule has 1 aromatic carbocycles. The summed E-state index contributed by atoms with van der Waals surface area (Å²) >= 11 is 1.06. The van der Waals surface area contributed by atoms with Gasteiger partial charge in [-0.1, -0.05) is 20.8 Å². The lowest BCUT2D eigenvalue weighted by atomic mass is 9.93. The zero-order chi connectivity index (χ0) is 15.1. The quantitative estimate of drug-likeness (QED) is 0.613. The minimum absolute atomic E-state index is 0.105. The first kappa shape index (κ1) is 14.5. The number of nitro groups is 1. The molecule has 0 amide bonds. The summed E-state index contributed by atoms with van der Waals surface area (Å²) in [5.74, 6) is -2.05. The molecular formula is C13H12F2N2O2S. The zero-order valence-corrected chi connectivity index (χ0v) is 11.9. The number of rotatable bonds is 2. The second kappa shape index (κ2) is 4.90. The van der Waals surface area contributed by atoms with Gasteiger partial charge in [0.1, 0.15) is 10.8 Å². The highest BCUT2D eigenvalue weighted by Crippen LogP contribution is 2.35. The van der Waals surface area contributed by atoms with Crippen LogP contribution in [0.2, 0.25) is 0 Å². The van der Waals surface area contributed by atoms with Crippen molar-refractivity contribution in [2.24, 2.45) is 0 Å². The Morgan fingerprint density at radius 1 is 1.30 bits per heavy atom. The SMILES string of the molecule is CC(C)(C)c1csc(-c2c(F)ccc([N+](=O)[O-])c2F)n1. The van der Waals surface area contributed by atoms with Crippen molar-refractivity contribution in [3.8, 4) is 10.6 Å². The molecule has 0 unspecified atom stereocenters. The van der Waals surface area contributed by atoms with E-state index < -0.39 is 27.8 Å². The molecule has 0 saturated heterocycles. The molecule has 2 aromatic rings. The maximum atomic E-state index is 14.1. The van der Waals surface area contributed by atoms with Crippen LogP contribution in [0.3, 0.4) is 0 Å². The molecule has 2 rings (SSSR count). The molecule has 0 atom stereocenters. The van der Waals surface area contributed by atoms with Crippen molar-refractivity contribution in [1.82, 2.24) is 4.98 Å². The van der Waals surface area contributed by atoms with E-state index in [-0.39, 0.29) is 10.4 Å². The average molecular weight is 298 g/mol. The number of halogens is 2. The van der Waals surface area contributed by atoms with E-state index in [9.17, 15) is 18.9 Å². The molecule has 0 N–H and O–H groups in total. The highest BCUT2D eigenvalue weighted by Gasteiger charge is 2.26. The number of thiazole rings is 1. The lowest BCUT2D eigenvalue weighted by molar-refractivity contribution is -0.387. The van der Waals surface area contributed by atoms with Gasteiger partial charge >= 0.3 is 5.69 Å². The van der Waals surface area contributed by atoms with Crippen molar-refractivity contribution in [2.75, 3.05) is 0 Å². The highest BCUT2D eigenvalue weighted by atomic mass is 32.1. The second-order valence-corrected chi connectivity index (χ2v) is 6.16. The monoisotopic (exact) mass is 298 g/mol. The summed E-state index contributed by atoms with van der Waals surface area (Å²) in [4.78, 5) is 14.0. The van der Waals surface area contributed by atoms with Crippen LogP contribution in [0, 0.1) is 21.7 Å². The summed E-state index contributed by atoms with van der Waals surface area (Å²) in [6, 6.07) is 1.70. The Kier molecular flexibility index (Phi) is 3.56. The van der Waals surface area contributed by atoms with E-state index >= 15 is 0 Å². The zero-order valence-electron chi connectivity index (χ0n) is 11.1. The van der Waals surface area contributed by atoms with Gasteiger partial charge in [0.15, 0.2) is 0 Å². The highest BCUT2D eigenvalue weighted by molar-refractivity contribution is 7.13. The minimum atomic E-state index is -1.19. The molecule has 4 nitrogen and oxygen atoms in total. The largest absolute Gasteiger partial charge is 0.305 e. The fourth-order valence-electron chi connectivity index (χ4n) is 1.61. The predicted octanol–water partition coefficient (Wildman–Crippen LogP) is 4.29. The van der Waals surface area contributed by atoms with Crippen molar-refractivity contribution < 1.29 is 13.7 Å². The Hall–Kier alpha value is -1.89. The molecule has 0 aliphatic rings. The first-order valence-corrected chi connectivity index (χ1v) is 6.68. The van der Waals surface area contributed by atoms with Gasteiger partial charge in [-0.2, -0.15) is 4.39 Å². The molecule has 0 saturated carbocycles. The van der Waals surface area contributed by atoms with Gasteiger partial charge in [0.05, 0.1) is 16.2 Å². The molecule has 0 bridgehead atoms. The molecule has 7 heteroatoms. The third kappa shape index (κ3) is 2.53. The van der Waals surface area contributed by atoms with Gasteiger partial charge in [0.25, 0.3) is 0 Å². The lowest BCUT2D eigenvalue weighted by Gasteiger charge is -2.14. The molecule has 106 valence electrons. The van der Waals surface area contributed by atoms with Crippen LogP contribution in [-0.2, 0) is 5.41 Å². The van der Waals surface area contributed by atoms with Crippen LogP contribution in [0.25, 0.3) is 10.6 Å². The van der Waals surface area contributed by atoms with Crippen molar-refractivity contribution in [2.45, 2.75) is 26.2 Å². The smallest absolute Gasteiger partial charge is 0.258 e. The molecule has 0 aliphatic carbocycles. The Balaban J connectivity index is 2.61. The summed E-state index contributed by atoms with van der Waals surface area (Å²) < 4.78 is 27.9. The molecule has 0 fully saturated rings. The van der Waals surface area contributed by atoms with Gasteiger partial charge in [-0.3, -0.25) is 10.1 Å². The Morgan fingerprint density at radius 2 is 1.95 bits per heavy atom. The molecule has 1 aromatic heterocycles. The molecule has 0 spiro atoms. The number of nitrogens with zero attached hydrogens (tertiary/aromatic N) is 2. The number of benzene rings is 1. The Morgan fingerprint density at radius 3 is 2.45 bits per heavy atom. The maximum absolute atomic E-state index is 14.1. The molecule has 20 heavy (non-hydrogen) atoms. The van der Waals surface area contributed by atoms with E-state index in [0.29, 0.717) is 5.69 Å². The van der Waals surface area contributed by atoms with Crippen LogP contribution < -0.4 is 0 Å². The summed E-state index contributed by atoms with van der Waals surface area (Å²) in [6.07, 6.45) is 0. The first-order chi connectivity index (χ1) is 9.21. The van der Waals surface area contributed by atoms with Crippen LogP contribution >= 0.6 is 11.3 Å². The summed E-state index contributed by atoms with van der Waals surface area (Å²) in [6.45, 7) is 5.77. The van der Waals surface area contributed by atoms with E-state index in [0.717, 1.165) is 23.5 Å². The van der Waals surface area contributed by atoms with Gasteiger partial charge < -0.3 is 0 Å². The van der Waals surface area contributed by atoms with E-state index in [4.69, 9.17) is 0 Å². The number of hydrogen-bond donors (Lipinski definition) is 0. The second-order valence-electron chi connectivity index (χ2n) is 5.30. The van der Waals surface area contributed by atoms with Crippen LogP contribution in [0.1, 0.15) is 26.5 Å². The third-order valence-corrected chi connectivity index (χ3v) is 3.61. The normalized spacial score (nSPS) is 11.7. The molecule has 0 radical (unpaired) electrons. The summed E-state index contributed by atoms with van der Waals surface area (Å²) in [5, 5.41) is 12.5. The van der Waals surface area contributed by atoms with Gasteiger partial charge in [-0.15, -0.1) is 11.3 Å². The fourth-order valence-corrected chi connectivity index (χ4v) is 2.70. The third-order valence-electron chi connectivity index (χ3n) is 2.75. The number of aromatic nitrogens is 1. The lowest BCUT2D eigenvalue weighted by Crippen LogP contribution is -2.11. The van der Waals surface area contributed by atoms with Crippen LogP contribution in [-0.4, -0.2) is 9.91 Å². The average Bonchev–Trinajstić information content (AvgIpc) is 2.77. The van der Waals surface area contributed by atoms with Crippen LogP contribution in [0.4, 0.5) is 14.5 Å². The topological polar surface area (TPSA) is 56.0 Å². The van der Waals surface area contributed by atoms with Crippen molar-refractivity contribution >= 4 is 17.0 Å². The van der Waals surface area contributed by atoms with E-state index in [1.54, 1.807) is 5.38 Å². The van der Waals surface area contributed by atoms with Gasteiger partial charge in [-0.05, 0) is 6.07 Å². The van der Waals surface area contributed by atoms with Crippen molar-refractivity contribution in [3.63, 3.8) is 0 Å². The summed E-state index contributed by atoms with van der Waals surface area (Å²) in [7, 11) is 0. The van der Waals surface area contributed by atoms with Gasteiger partial charge in [0, 0.05) is 16.9 Å². The summed E-state index contributed by atoms with van der Waals surface area (Å²) in [5.41, 5.74) is -0.779. The standard InChI is InChI=1S/C13H12F2N2O2S/c1-13(2,3)9-6-20-12(16-9)10-7(14)4-5-8(11(10)15)17(18)19/h4-6H,1-3H3. The fraction of sp³-hybridized carbons (Fsp3) is 0.308. The predicted molar refractivity (Wildman–Crippen MR) is 72.8 cm³/mol. The van der Waals surface area contributed by atoms with Crippen LogP contribution in [0.5, 0.6) is 0 Å². The molecular weight excluding hydrogens is 286 g/mol. The van der Waals surface area contributed by atoms with Gasteiger partial charge in [0.2, 0.25) is 5.82 Å². The molecule has 1 heterocycles. The number of hydrogen-bond acceptors (Lipinski definition) is 4.